The lowest BCUT2D eigenvalue weighted by molar-refractivity contribution is 0.1000. The molecular weight excluding hydrogens is 308 g/mol. The van der Waals surface area contributed by atoms with Gasteiger partial charge >= 0.3 is 0 Å². The number of unbranched alkanes of at least 4 members (excludes halogenated alkanes) is 1. The van der Waals surface area contributed by atoms with Gasteiger partial charge in [0.2, 0.25) is 0 Å². The number of benzene rings is 1. The number of primary amides is 1. The molecule has 0 bridgehead atoms. The Morgan fingerprint density at radius 2 is 2.00 bits per heavy atom. The average Bonchev–Trinajstić information content (AvgIpc) is 2.79. The summed E-state index contributed by atoms with van der Waals surface area (Å²) in [7, 11) is 0. The summed E-state index contributed by atoms with van der Waals surface area (Å²) in [5, 5.41) is 0.673. The molecule has 0 aliphatic heterocycles. The molecular formula is C19H23ClN2O. The first-order valence-corrected chi connectivity index (χ1v) is 8.27. The van der Waals surface area contributed by atoms with E-state index in [1.807, 2.05) is 37.3 Å². The second kappa shape index (κ2) is 7.51. The monoisotopic (exact) mass is 330 g/mol. The number of aromatic nitrogens is 1. The van der Waals surface area contributed by atoms with E-state index in [1.165, 1.54) is 0 Å². The molecule has 23 heavy (non-hydrogen) atoms. The zero-order valence-corrected chi connectivity index (χ0v) is 14.5. The van der Waals surface area contributed by atoms with Gasteiger partial charge in [0.1, 0.15) is 0 Å². The van der Waals surface area contributed by atoms with Crippen molar-refractivity contribution in [1.29, 1.82) is 0 Å². The van der Waals surface area contributed by atoms with Gasteiger partial charge in [0.05, 0.1) is 5.56 Å². The van der Waals surface area contributed by atoms with Crippen LogP contribution in [0.1, 0.15) is 41.5 Å². The summed E-state index contributed by atoms with van der Waals surface area (Å²) in [5.74, 6) is -0.395. The third-order valence-electron chi connectivity index (χ3n) is 4.09. The summed E-state index contributed by atoms with van der Waals surface area (Å²) in [4.78, 5) is 12.1. The van der Waals surface area contributed by atoms with Crippen molar-refractivity contribution in [2.75, 3.05) is 0 Å². The van der Waals surface area contributed by atoms with Crippen LogP contribution in [0.2, 0.25) is 5.02 Å². The van der Waals surface area contributed by atoms with E-state index in [0.717, 1.165) is 41.8 Å². The number of rotatable bonds is 7. The maximum Gasteiger partial charge on any atom is 0.251 e. The normalized spacial score (nSPS) is 10.7. The molecule has 0 saturated heterocycles. The highest BCUT2D eigenvalue weighted by atomic mass is 35.5. The molecule has 2 aromatic rings. The van der Waals surface area contributed by atoms with Gasteiger partial charge in [-0.05, 0) is 37.5 Å². The molecule has 1 heterocycles. The van der Waals surface area contributed by atoms with Crippen molar-refractivity contribution >= 4 is 17.5 Å². The number of amides is 1. The van der Waals surface area contributed by atoms with Crippen LogP contribution in [0.4, 0.5) is 0 Å². The molecule has 0 saturated carbocycles. The molecule has 0 fully saturated rings. The second-order valence-electron chi connectivity index (χ2n) is 5.66. The van der Waals surface area contributed by atoms with Crippen molar-refractivity contribution < 1.29 is 4.79 Å². The minimum Gasteiger partial charge on any atom is -0.366 e. The van der Waals surface area contributed by atoms with E-state index in [4.69, 9.17) is 17.3 Å². The van der Waals surface area contributed by atoms with Gasteiger partial charge in [-0.25, -0.2) is 0 Å². The quantitative estimate of drug-likeness (QED) is 0.732. The van der Waals surface area contributed by atoms with Gasteiger partial charge < -0.3 is 10.3 Å². The van der Waals surface area contributed by atoms with Crippen LogP contribution in [0.15, 0.2) is 36.9 Å². The number of nitrogens with zero attached hydrogens (tertiary/aromatic N) is 1. The van der Waals surface area contributed by atoms with E-state index >= 15 is 0 Å². The summed E-state index contributed by atoms with van der Waals surface area (Å²) in [6, 6.07) is 7.56. The number of allylic oxidation sites excluding steroid dienone is 1. The van der Waals surface area contributed by atoms with Gasteiger partial charge in [-0.15, -0.1) is 6.58 Å². The highest BCUT2D eigenvalue weighted by Gasteiger charge is 2.23. The predicted octanol–water partition coefficient (Wildman–Crippen LogP) is 4.74. The largest absolute Gasteiger partial charge is 0.366 e. The Balaban J connectivity index is 2.73. The molecule has 1 aromatic carbocycles. The van der Waals surface area contributed by atoms with Crippen LogP contribution in [-0.2, 0) is 13.0 Å². The fraction of sp³-hybridized carbons (Fsp3) is 0.316. The first kappa shape index (κ1) is 17.4. The standard InChI is InChI=1S/C19H23ClN2O/c1-4-6-7-16-18(14-8-10-15(20)11-9-14)17(19(21)23)13(3)22(16)12-5-2/h5,8-11H,2,4,6-7,12H2,1,3H3,(H2,21,23). The summed E-state index contributed by atoms with van der Waals surface area (Å²) in [6.45, 7) is 8.60. The Kier molecular flexibility index (Phi) is 5.67. The minimum atomic E-state index is -0.395. The molecule has 1 amide bonds. The summed E-state index contributed by atoms with van der Waals surface area (Å²) >= 11 is 6.00. The van der Waals surface area contributed by atoms with Gasteiger partial charge in [-0.2, -0.15) is 0 Å². The number of nitrogens with two attached hydrogens (primary N) is 1. The molecule has 0 atom stereocenters. The fourth-order valence-electron chi connectivity index (χ4n) is 3.01. The van der Waals surface area contributed by atoms with E-state index in [9.17, 15) is 4.79 Å². The highest BCUT2D eigenvalue weighted by Crippen LogP contribution is 2.34. The molecule has 0 aliphatic carbocycles. The van der Waals surface area contributed by atoms with Crippen LogP contribution >= 0.6 is 11.6 Å². The van der Waals surface area contributed by atoms with Gasteiger partial charge in [0.25, 0.3) is 5.91 Å². The van der Waals surface area contributed by atoms with Crippen molar-refractivity contribution in [2.24, 2.45) is 5.73 Å². The van der Waals surface area contributed by atoms with Crippen LogP contribution in [0, 0.1) is 6.92 Å². The van der Waals surface area contributed by atoms with Gasteiger partial charge in [-0.1, -0.05) is 43.2 Å². The zero-order valence-electron chi connectivity index (χ0n) is 13.7. The first-order chi connectivity index (χ1) is 11.0. The average molecular weight is 331 g/mol. The van der Waals surface area contributed by atoms with E-state index < -0.39 is 5.91 Å². The number of hydrogen-bond donors (Lipinski definition) is 1. The van der Waals surface area contributed by atoms with Crippen molar-refractivity contribution in [3.63, 3.8) is 0 Å². The molecule has 1 aromatic heterocycles. The van der Waals surface area contributed by atoms with Crippen LogP contribution in [0.5, 0.6) is 0 Å². The number of halogens is 1. The minimum absolute atomic E-state index is 0.395. The van der Waals surface area contributed by atoms with E-state index in [0.29, 0.717) is 17.1 Å². The lowest BCUT2D eigenvalue weighted by atomic mass is 9.97. The van der Waals surface area contributed by atoms with Crippen LogP contribution in [0.25, 0.3) is 11.1 Å². The van der Waals surface area contributed by atoms with Gasteiger partial charge in [0, 0.05) is 28.5 Å². The third-order valence-corrected chi connectivity index (χ3v) is 4.34. The zero-order chi connectivity index (χ0) is 17.0. The summed E-state index contributed by atoms with van der Waals surface area (Å²) in [6.07, 6.45) is 4.89. The lowest BCUT2D eigenvalue weighted by Crippen LogP contribution is -2.13. The van der Waals surface area contributed by atoms with E-state index in [1.54, 1.807) is 0 Å². The molecule has 122 valence electrons. The smallest absolute Gasteiger partial charge is 0.251 e. The maximum atomic E-state index is 12.1. The number of hydrogen-bond acceptors (Lipinski definition) is 1. The van der Waals surface area contributed by atoms with E-state index in [2.05, 4.69) is 18.1 Å². The van der Waals surface area contributed by atoms with Crippen molar-refractivity contribution in [3.8, 4) is 11.1 Å². The van der Waals surface area contributed by atoms with Crippen molar-refractivity contribution in [3.05, 3.63) is 58.9 Å². The van der Waals surface area contributed by atoms with Crippen molar-refractivity contribution in [2.45, 2.75) is 39.7 Å². The second-order valence-corrected chi connectivity index (χ2v) is 6.09. The number of carbonyl (C=O) groups excluding carboxylic acids is 1. The molecule has 2 rings (SSSR count). The van der Waals surface area contributed by atoms with Crippen molar-refractivity contribution in [1.82, 2.24) is 4.57 Å². The van der Waals surface area contributed by atoms with Gasteiger partial charge in [-0.3, -0.25) is 4.79 Å². The molecule has 0 aliphatic rings. The highest BCUT2D eigenvalue weighted by molar-refractivity contribution is 6.30. The predicted molar refractivity (Wildman–Crippen MR) is 96.9 cm³/mol. The third kappa shape index (κ3) is 3.50. The topological polar surface area (TPSA) is 48.0 Å². The molecule has 2 N–H and O–H groups in total. The van der Waals surface area contributed by atoms with Gasteiger partial charge in [0.15, 0.2) is 0 Å². The van der Waals surface area contributed by atoms with Crippen LogP contribution in [0.3, 0.4) is 0 Å². The lowest BCUT2D eigenvalue weighted by Gasteiger charge is -2.11. The molecule has 4 heteroatoms. The summed E-state index contributed by atoms with van der Waals surface area (Å²) in [5.41, 5.74) is 10.2. The number of carbonyl (C=O) groups is 1. The maximum absolute atomic E-state index is 12.1. The Morgan fingerprint density at radius 3 is 2.52 bits per heavy atom. The van der Waals surface area contributed by atoms with Crippen LogP contribution in [-0.4, -0.2) is 10.5 Å². The van der Waals surface area contributed by atoms with Crippen LogP contribution < -0.4 is 5.73 Å². The molecule has 0 unspecified atom stereocenters. The Labute approximate surface area is 142 Å². The summed E-state index contributed by atoms with van der Waals surface area (Å²) < 4.78 is 2.15. The molecule has 0 spiro atoms. The SMILES string of the molecule is C=CCn1c(C)c(C(N)=O)c(-c2ccc(Cl)cc2)c1CCCC. The Hall–Kier alpha value is -2.00. The molecule has 3 nitrogen and oxygen atoms in total. The Morgan fingerprint density at radius 1 is 1.35 bits per heavy atom. The fourth-order valence-corrected chi connectivity index (χ4v) is 3.13. The first-order valence-electron chi connectivity index (χ1n) is 7.89. The van der Waals surface area contributed by atoms with E-state index in [-0.39, 0.29) is 0 Å². The Bertz CT molecular complexity index is 714. The molecule has 0 radical (unpaired) electrons.